The summed E-state index contributed by atoms with van der Waals surface area (Å²) in [5.41, 5.74) is 2.52. The third kappa shape index (κ3) is 1.72. The number of rotatable bonds is 1. The predicted octanol–water partition coefficient (Wildman–Crippen LogP) is 1.41. The van der Waals surface area contributed by atoms with Crippen LogP contribution in [0.4, 0.5) is 0 Å². The number of benzene rings is 1. The molecule has 0 radical (unpaired) electrons. The fourth-order valence-corrected chi connectivity index (χ4v) is 2.31. The van der Waals surface area contributed by atoms with Gasteiger partial charge in [0.05, 0.1) is 28.5 Å². The number of carbonyl (C=O) groups is 1. The molecule has 4 nitrogen and oxygen atoms in total. The Bertz CT molecular complexity index is 564. The van der Waals surface area contributed by atoms with Crippen LogP contribution in [-0.4, -0.2) is 21.1 Å². The van der Waals surface area contributed by atoms with Crippen LogP contribution in [0.5, 0.6) is 0 Å². The lowest BCUT2D eigenvalue weighted by molar-refractivity contribution is 0.0940. The van der Waals surface area contributed by atoms with E-state index in [0.717, 1.165) is 11.4 Å². The van der Waals surface area contributed by atoms with Crippen LogP contribution in [0.3, 0.4) is 0 Å². The van der Waals surface area contributed by atoms with Crippen molar-refractivity contribution < 1.29 is 4.79 Å². The monoisotopic (exact) mass is 245 g/mol. The van der Waals surface area contributed by atoms with Crippen LogP contribution in [0.2, 0.25) is 0 Å². The van der Waals surface area contributed by atoms with Crippen LogP contribution in [0.15, 0.2) is 36.5 Å². The molecule has 1 aromatic heterocycles. The average molecular weight is 245 g/mol. The number of hydrogen-bond acceptors (Lipinski definition) is 3. The number of fused-ring (bicyclic) bond motifs is 1. The lowest BCUT2D eigenvalue weighted by atomic mass is 10.1. The minimum absolute atomic E-state index is 0.103. The summed E-state index contributed by atoms with van der Waals surface area (Å²) in [4.78, 5) is 11.7. The summed E-state index contributed by atoms with van der Waals surface area (Å²) in [5, 5.41) is 6.90. The quantitative estimate of drug-likeness (QED) is 0.746. The van der Waals surface area contributed by atoms with Crippen molar-refractivity contribution in [1.82, 2.24) is 15.1 Å². The standard InChI is InChI=1S/C12H11N3OS/c16-12-9-7-13-15(8-4-2-1-3-5-8)10(9)6-11(17)14-12/h1-5,7,11,17H,6H2,(H,14,16). The van der Waals surface area contributed by atoms with Crippen LogP contribution < -0.4 is 5.32 Å². The van der Waals surface area contributed by atoms with E-state index in [1.807, 2.05) is 30.3 Å². The molecule has 17 heavy (non-hydrogen) atoms. The summed E-state index contributed by atoms with van der Waals surface area (Å²) >= 11 is 4.31. The highest BCUT2D eigenvalue weighted by Crippen LogP contribution is 2.21. The Kier molecular flexibility index (Phi) is 2.40. The normalized spacial score (nSPS) is 18.6. The average Bonchev–Trinajstić information content (AvgIpc) is 2.74. The van der Waals surface area contributed by atoms with Gasteiger partial charge in [0.2, 0.25) is 0 Å². The molecule has 1 atom stereocenters. The van der Waals surface area contributed by atoms with Crippen LogP contribution in [0.1, 0.15) is 16.1 Å². The van der Waals surface area contributed by atoms with Crippen LogP contribution in [-0.2, 0) is 6.42 Å². The molecule has 0 saturated heterocycles. The predicted molar refractivity (Wildman–Crippen MR) is 67.5 cm³/mol. The van der Waals surface area contributed by atoms with Crippen molar-refractivity contribution in [1.29, 1.82) is 0 Å². The van der Waals surface area contributed by atoms with Crippen molar-refractivity contribution in [3.8, 4) is 5.69 Å². The largest absolute Gasteiger partial charge is 0.340 e. The molecule has 0 fully saturated rings. The Morgan fingerprint density at radius 3 is 2.88 bits per heavy atom. The third-order valence-corrected chi connectivity index (χ3v) is 3.11. The summed E-state index contributed by atoms with van der Waals surface area (Å²) in [6.45, 7) is 0. The number of amides is 1. The lowest BCUT2D eigenvalue weighted by Gasteiger charge is -2.20. The number of nitrogens with one attached hydrogen (secondary N) is 1. The first-order chi connectivity index (χ1) is 8.25. The van der Waals surface area contributed by atoms with E-state index in [9.17, 15) is 4.79 Å². The maximum atomic E-state index is 11.7. The summed E-state index contributed by atoms with van der Waals surface area (Å²) in [6, 6.07) is 9.78. The summed E-state index contributed by atoms with van der Waals surface area (Å²) in [6.07, 6.45) is 2.29. The highest BCUT2D eigenvalue weighted by atomic mass is 32.1. The Morgan fingerprint density at radius 2 is 2.12 bits per heavy atom. The van der Waals surface area contributed by atoms with E-state index in [1.54, 1.807) is 10.9 Å². The molecule has 1 unspecified atom stereocenters. The summed E-state index contributed by atoms with van der Waals surface area (Å²) in [5.74, 6) is -0.103. The van der Waals surface area contributed by atoms with E-state index in [4.69, 9.17) is 0 Å². The number of aromatic nitrogens is 2. The number of carbonyl (C=O) groups excluding carboxylic acids is 1. The molecule has 0 aliphatic carbocycles. The zero-order valence-electron chi connectivity index (χ0n) is 9.00. The first-order valence-corrected chi connectivity index (χ1v) is 5.88. The molecule has 0 saturated carbocycles. The smallest absolute Gasteiger partial charge is 0.255 e. The minimum Gasteiger partial charge on any atom is -0.340 e. The van der Waals surface area contributed by atoms with Gasteiger partial charge in [-0.05, 0) is 12.1 Å². The zero-order valence-corrected chi connectivity index (χ0v) is 9.89. The van der Waals surface area contributed by atoms with E-state index >= 15 is 0 Å². The molecule has 5 heteroatoms. The zero-order chi connectivity index (χ0) is 11.8. The first kappa shape index (κ1) is 10.4. The second-order valence-electron chi connectivity index (χ2n) is 3.95. The molecule has 2 aromatic rings. The highest BCUT2D eigenvalue weighted by molar-refractivity contribution is 7.80. The second-order valence-corrected chi connectivity index (χ2v) is 4.57. The van der Waals surface area contributed by atoms with Crippen molar-refractivity contribution in [3.05, 3.63) is 47.8 Å². The molecule has 1 aliphatic heterocycles. The lowest BCUT2D eigenvalue weighted by Crippen LogP contribution is -2.38. The Labute approximate surface area is 104 Å². The van der Waals surface area contributed by atoms with Gasteiger partial charge in [-0.3, -0.25) is 4.79 Å². The Hall–Kier alpha value is -1.75. The topological polar surface area (TPSA) is 46.9 Å². The molecule has 0 spiro atoms. The van der Waals surface area contributed by atoms with Crippen molar-refractivity contribution in [3.63, 3.8) is 0 Å². The van der Waals surface area contributed by atoms with Gasteiger partial charge in [-0.15, -0.1) is 0 Å². The van der Waals surface area contributed by atoms with Crippen molar-refractivity contribution >= 4 is 18.5 Å². The van der Waals surface area contributed by atoms with E-state index in [0.29, 0.717) is 12.0 Å². The molecular weight excluding hydrogens is 234 g/mol. The maximum Gasteiger partial charge on any atom is 0.255 e. The van der Waals surface area contributed by atoms with Gasteiger partial charge in [0, 0.05) is 6.42 Å². The molecule has 1 amide bonds. The number of nitrogens with zero attached hydrogens (tertiary/aromatic N) is 2. The molecule has 1 aromatic carbocycles. The van der Waals surface area contributed by atoms with E-state index < -0.39 is 0 Å². The van der Waals surface area contributed by atoms with Crippen molar-refractivity contribution in [2.45, 2.75) is 11.8 Å². The molecule has 2 heterocycles. The Balaban J connectivity index is 2.12. The van der Waals surface area contributed by atoms with E-state index in [1.165, 1.54) is 0 Å². The van der Waals surface area contributed by atoms with Gasteiger partial charge in [-0.1, -0.05) is 18.2 Å². The second kappa shape index (κ2) is 3.92. The van der Waals surface area contributed by atoms with Crippen molar-refractivity contribution in [2.24, 2.45) is 0 Å². The van der Waals surface area contributed by atoms with Gasteiger partial charge >= 0.3 is 0 Å². The molecule has 1 N–H and O–H groups in total. The van der Waals surface area contributed by atoms with E-state index in [2.05, 4.69) is 23.0 Å². The third-order valence-electron chi connectivity index (χ3n) is 2.80. The number of hydrogen-bond donors (Lipinski definition) is 2. The van der Waals surface area contributed by atoms with Gasteiger partial charge < -0.3 is 5.32 Å². The molecule has 0 bridgehead atoms. The minimum atomic E-state index is -0.144. The molecule has 1 aliphatic rings. The molecular formula is C12H11N3OS. The van der Waals surface area contributed by atoms with Gasteiger partial charge in [0.25, 0.3) is 5.91 Å². The Morgan fingerprint density at radius 1 is 1.35 bits per heavy atom. The summed E-state index contributed by atoms with van der Waals surface area (Å²) < 4.78 is 1.80. The fraction of sp³-hybridized carbons (Fsp3) is 0.167. The van der Waals surface area contributed by atoms with E-state index in [-0.39, 0.29) is 11.3 Å². The summed E-state index contributed by atoms with van der Waals surface area (Å²) in [7, 11) is 0. The fourth-order valence-electron chi connectivity index (χ4n) is 2.01. The van der Waals surface area contributed by atoms with Crippen molar-refractivity contribution in [2.75, 3.05) is 0 Å². The maximum absolute atomic E-state index is 11.7. The number of thiol groups is 1. The van der Waals surface area contributed by atoms with Gasteiger partial charge in [-0.25, -0.2) is 4.68 Å². The SMILES string of the molecule is O=C1NC(S)Cc2c1cnn2-c1ccccc1. The first-order valence-electron chi connectivity index (χ1n) is 5.37. The van der Waals surface area contributed by atoms with Crippen LogP contribution >= 0.6 is 12.6 Å². The highest BCUT2D eigenvalue weighted by Gasteiger charge is 2.26. The van der Waals surface area contributed by atoms with Gasteiger partial charge in [-0.2, -0.15) is 17.7 Å². The van der Waals surface area contributed by atoms with Crippen LogP contribution in [0.25, 0.3) is 5.69 Å². The number of para-hydroxylation sites is 1. The molecule has 86 valence electrons. The van der Waals surface area contributed by atoms with Crippen LogP contribution in [0, 0.1) is 0 Å². The van der Waals surface area contributed by atoms with Gasteiger partial charge in [0.1, 0.15) is 0 Å². The molecule has 3 rings (SSSR count). The van der Waals surface area contributed by atoms with Gasteiger partial charge in [0.15, 0.2) is 0 Å².